The number of amides is 1. The summed E-state index contributed by atoms with van der Waals surface area (Å²) < 4.78 is 12.5. The van der Waals surface area contributed by atoms with E-state index in [0.29, 0.717) is 40.0 Å². The van der Waals surface area contributed by atoms with Crippen LogP contribution in [0.15, 0.2) is 107 Å². The molecule has 0 bridgehead atoms. The zero-order valence-corrected chi connectivity index (χ0v) is 27.4. The summed E-state index contributed by atoms with van der Waals surface area (Å²) in [5, 5.41) is 20.6. The number of nitrogens with zero attached hydrogens (tertiary/aromatic N) is 3. The molecule has 0 spiro atoms. The van der Waals surface area contributed by atoms with Gasteiger partial charge in [-0.3, -0.25) is 14.5 Å². The number of fused-ring (bicyclic) bond motifs is 1. The lowest BCUT2D eigenvalue weighted by molar-refractivity contribution is -0.132. The number of carbonyl (C=O) groups excluding carboxylic acids is 2. The van der Waals surface area contributed by atoms with E-state index in [1.165, 1.54) is 33.6 Å². The van der Waals surface area contributed by atoms with Crippen molar-refractivity contribution in [1.82, 2.24) is 10.2 Å². The molecule has 47 heavy (non-hydrogen) atoms. The van der Waals surface area contributed by atoms with Gasteiger partial charge in [-0.25, -0.2) is 0 Å². The molecular weight excluding hydrogens is 631 g/mol. The Morgan fingerprint density at radius 1 is 0.979 bits per heavy atom. The minimum Gasteiger partial charge on any atom is -0.507 e. The van der Waals surface area contributed by atoms with Gasteiger partial charge in [-0.2, -0.15) is 0 Å². The number of hydrogen-bond donors (Lipinski definition) is 1. The van der Waals surface area contributed by atoms with Crippen LogP contribution in [0.5, 0.6) is 11.5 Å². The molecule has 5 aromatic rings. The van der Waals surface area contributed by atoms with Crippen LogP contribution in [0.3, 0.4) is 0 Å². The van der Waals surface area contributed by atoms with Crippen molar-refractivity contribution in [3.8, 4) is 11.5 Å². The van der Waals surface area contributed by atoms with Gasteiger partial charge in [0.2, 0.25) is 5.13 Å². The normalized spacial score (nSPS) is 18.3. The second kappa shape index (κ2) is 13.1. The first kappa shape index (κ1) is 30.7. The Balaban J connectivity index is 1.22. The lowest BCUT2D eigenvalue weighted by Gasteiger charge is -2.22. The van der Waals surface area contributed by atoms with Gasteiger partial charge in [0.05, 0.1) is 11.6 Å². The van der Waals surface area contributed by atoms with Crippen LogP contribution in [0.4, 0.5) is 5.13 Å². The third-order valence-electron chi connectivity index (χ3n) is 8.14. The molecule has 3 heterocycles. The van der Waals surface area contributed by atoms with Crippen molar-refractivity contribution in [3.05, 3.63) is 136 Å². The summed E-state index contributed by atoms with van der Waals surface area (Å²) >= 11 is 2.75. The minimum absolute atomic E-state index is 0.0103. The van der Waals surface area contributed by atoms with Crippen LogP contribution < -0.4 is 14.4 Å². The summed E-state index contributed by atoms with van der Waals surface area (Å²) in [6, 6.07) is 29.7. The Morgan fingerprint density at radius 2 is 1.74 bits per heavy atom. The molecule has 2 aliphatic rings. The molecule has 1 N–H and O–H groups in total. The predicted octanol–water partition coefficient (Wildman–Crippen LogP) is 7.67. The molecule has 2 unspecified atom stereocenters. The number of benzene rings is 4. The van der Waals surface area contributed by atoms with Gasteiger partial charge in [0.1, 0.15) is 30.0 Å². The molecule has 236 valence electrons. The summed E-state index contributed by atoms with van der Waals surface area (Å²) in [6.07, 6.45) is 0.706. The van der Waals surface area contributed by atoms with Crippen molar-refractivity contribution in [3.63, 3.8) is 0 Å². The molecule has 0 radical (unpaired) electrons. The van der Waals surface area contributed by atoms with E-state index in [2.05, 4.69) is 34.5 Å². The van der Waals surface area contributed by atoms with Gasteiger partial charge < -0.3 is 14.6 Å². The van der Waals surface area contributed by atoms with Crippen molar-refractivity contribution >= 4 is 45.7 Å². The van der Waals surface area contributed by atoms with Crippen LogP contribution in [-0.2, 0) is 28.4 Å². The first-order valence-electron chi connectivity index (χ1n) is 15.2. The minimum atomic E-state index is -0.926. The number of aliphatic hydroxyl groups excluding tert-OH is 1. The molecule has 0 aliphatic carbocycles. The summed E-state index contributed by atoms with van der Waals surface area (Å²) in [4.78, 5) is 28.8. The average molecular weight is 662 g/mol. The maximum Gasteiger partial charge on any atom is 0.301 e. The van der Waals surface area contributed by atoms with Gasteiger partial charge in [-0.1, -0.05) is 95.4 Å². The van der Waals surface area contributed by atoms with Crippen molar-refractivity contribution in [2.75, 3.05) is 4.90 Å². The van der Waals surface area contributed by atoms with Crippen LogP contribution in [0.25, 0.3) is 5.76 Å². The van der Waals surface area contributed by atoms with E-state index in [9.17, 15) is 14.7 Å². The molecule has 2 aliphatic heterocycles. The van der Waals surface area contributed by atoms with Gasteiger partial charge in [0, 0.05) is 17.7 Å². The lowest BCUT2D eigenvalue weighted by atomic mass is 9.94. The standard InChI is InChI=1S/C37H31N3O5S2/c1-22-8-10-25(11-9-22)21-46-37-39-38-36(47-37)40-32(26-12-15-29(16-13-26)44-20-24-6-4-3-5-7-24)31(34(42)35(40)43)33(41)27-14-17-30-28(19-27)18-23(2)45-30/h3-17,19,23,32,41H,18,20-21H2,1-2H3/b33-31+. The molecule has 8 nitrogen and oxygen atoms in total. The van der Waals surface area contributed by atoms with Crippen LogP contribution >= 0.6 is 23.1 Å². The fraction of sp³-hybridized carbons (Fsp3) is 0.189. The highest BCUT2D eigenvalue weighted by molar-refractivity contribution is 8.00. The Morgan fingerprint density at radius 3 is 2.51 bits per heavy atom. The van der Waals surface area contributed by atoms with E-state index >= 15 is 0 Å². The number of carbonyl (C=O) groups is 2. The Hall–Kier alpha value is -4.93. The largest absolute Gasteiger partial charge is 0.507 e. The van der Waals surface area contributed by atoms with E-state index in [4.69, 9.17) is 9.47 Å². The summed E-state index contributed by atoms with van der Waals surface area (Å²) in [6.45, 7) is 4.42. The monoisotopic (exact) mass is 661 g/mol. The summed E-state index contributed by atoms with van der Waals surface area (Å²) in [5.41, 5.74) is 5.35. The quantitative estimate of drug-likeness (QED) is 0.0565. The molecule has 1 amide bonds. The van der Waals surface area contributed by atoms with E-state index in [1.54, 1.807) is 24.3 Å². The van der Waals surface area contributed by atoms with Crippen LogP contribution in [0, 0.1) is 6.92 Å². The Kier molecular flexibility index (Phi) is 8.53. The molecule has 2 atom stereocenters. The molecule has 10 heteroatoms. The molecule has 1 aromatic heterocycles. The number of anilines is 1. The number of thioether (sulfide) groups is 1. The maximum absolute atomic E-state index is 13.7. The highest BCUT2D eigenvalue weighted by atomic mass is 32.2. The first-order chi connectivity index (χ1) is 22.8. The number of aromatic nitrogens is 2. The topological polar surface area (TPSA) is 102 Å². The average Bonchev–Trinajstić information content (AvgIpc) is 3.78. The van der Waals surface area contributed by atoms with E-state index < -0.39 is 17.7 Å². The lowest BCUT2D eigenvalue weighted by Crippen LogP contribution is -2.29. The zero-order chi connectivity index (χ0) is 32.5. The number of aryl methyl sites for hydroxylation is 1. The highest BCUT2D eigenvalue weighted by Crippen LogP contribution is 2.45. The highest BCUT2D eigenvalue weighted by Gasteiger charge is 2.48. The van der Waals surface area contributed by atoms with Gasteiger partial charge in [0.25, 0.3) is 5.78 Å². The van der Waals surface area contributed by atoms with Crippen LogP contribution in [-0.4, -0.2) is 33.1 Å². The number of hydrogen-bond acceptors (Lipinski definition) is 9. The first-order valence-corrected chi connectivity index (χ1v) is 17.0. The number of ketones is 1. The number of ether oxygens (including phenoxy) is 2. The van der Waals surface area contributed by atoms with Crippen LogP contribution in [0.1, 0.15) is 46.3 Å². The maximum atomic E-state index is 13.7. The molecule has 4 aromatic carbocycles. The smallest absolute Gasteiger partial charge is 0.301 e. The Labute approximate surface area is 280 Å². The van der Waals surface area contributed by atoms with Crippen molar-refractivity contribution < 1.29 is 24.2 Å². The third-order valence-corrected chi connectivity index (χ3v) is 10.3. The SMILES string of the molecule is Cc1ccc(CSc2nnc(N3C(=O)C(=O)/C(=C(/O)c4ccc5c(c4)CC(C)O5)C3c3ccc(OCc4ccccc4)cc3)s2)cc1. The molecular formula is C37H31N3O5S2. The van der Waals surface area contributed by atoms with Gasteiger partial charge >= 0.3 is 5.91 Å². The second-order valence-electron chi connectivity index (χ2n) is 11.6. The fourth-order valence-corrected chi connectivity index (χ4v) is 7.57. The van der Waals surface area contributed by atoms with Crippen molar-refractivity contribution in [1.29, 1.82) is 0 Å². The van der Waals surface area contributed by atoms with Gasteiger partial charge in [-0.05, 0) is 66.4 Å². The van der Waals surface area contributed by atoms with E-state index in [1.807, 2.05) is 62.4 Å². The third kappa shape index (κ3) is 6.39. The van der Waals surface area contributed by atoms with Crippen LogP contribution in [0.2, 0.25) is 0 Å². The zero-order valence-electron chi connectivity index (χ0n) is 25.8. The van der Waals surface area contributed by atoms with Crippen molar-refractivity contribution in [2.24, 2.45) is 0 Å². The van der Waals surface area contributed by atoms with E-state index in [-0.39, 0.29) is 22.6 Å². The second-order valence-corrected chi connectivity index (χ2v) is 13.8. The number of aliphatic hydroxyl groups is 1. The predicted molar refractivity (Wildman–Crippen MR) is 183 cm³/mol. The summed E-state index contributed by atoms with van der Waals surface area (Å²) in [7, 11) is 0. The van der Waals surface area contributed by atoms with Crippen molar-refractivity contribution in [2.45, 2.75) is 49.1 Å². The van der Waals surface area contributed by atoms with E-state index in [0.717, 1.165) is 22.4 Å². The molecule has 7 rings (SSSR count). The number of rotatable bonds is 9. The molecule has 0 saturated carbocycles. The van der Waals surface area contributed by atoms with Gasteiger partial charge in [0.15, 0.2) is 4.34 Å². The number of Topliss-reactive ketones (excluding diaryl/α,β-unsaturated/α-hetero) is 1. The molecule has 1 fully saturated rings. The molecule has 1 saturated heterocycles. The van der Waals surface area contributed by atoms with Gasteiger partial charge in [-0.15, -0.1) is 10.2 Å². The fourth-order valence-electron chi connectivity index (χ4n) is 5.74. The Bertz CT molecular complexity index is 1970. The summed E-state index contributed by atoms with van der Waals surface area (Å²) in [5.74, 6) is 0.259.